The van der Waals surface area contributed by atoms with Crippen LogP contribution in [0.25, 0.3) is 22.0 Å². The van der Waals surface area contributed by atoms with Crippen LogP contribution in [-0.4, -0.2) is 27.0 Å². The number of nitrogens with zero attached hydrogens (tertiary/aromatic N) is 2. The lowest BCUT2D eigenvalue weighted by molar-refractivity contribution is -0.384. The number of aromatic nitrogens is 1. The molecular formula is C35H33N3O5. The third kappa shape index (κ3) is 6.81. The fourth-order valence-electron chi connectivity index (χ4n) is 4.96. The molecule has 0 saturated heterocycles. The van der Waals surface area contributed by atoms with E-state index in [1.54, 1.807) is 24.3 Å². The molecular weight excluding hydrogens is 542 g/mol. The van der Waals surface area contributed by atoms with Gasteiger partial charge in [-0.15, -0.1) is 0 Å². The molecule has 8 heteroatoms. The fraction of sp³-hybridized carbons (Fsp3) is 0.200. The Morgan fingerprint density at radius 1 is 0.930 bits per heavy atom. The van der Waals surface area contributed by atoms with Gasteiger partial charge in [0.15, 0.2) is 0 Å². The lowest BCUT2D eigenvalue weighted by Gasteiger charge is -2.20. The third-order valence-corrected chi connectivity index (χ3v) is 7.15. The average Bonchev–Trinajstić information content (AvgIpc) is 3.38. The zero-order valence-corrected chi connectivity index (χ0v) is 24.5. The highest BCUT2D eigenvalue weighted by Gasteiger charge is 2.21. The molecule has 4 aromatic carbocycles. The molecule has 5 aromatic rings. The van der Waals surface area contributed by atoms with Gasteiger partial charge in [-0.05, 0) is 80.3 Å². The van der Waals surface area contributed by atoms with Crippen molar-refractivity contribution >= 4 is 28.5 Å². The van der Waals surface area contributed by atoms with Gasteiger partial charge >= 0.3 is 5.97 Å². The fourth-order valence-corrected chi connectivity index (χ4v) is 4.96. The van der Waals surface area contributed by atoms with Crippen LogP contribution in [0.15, 0.2) is 103 Å². The molecule has 8 nitrogen and oxygen atoms in total. The number of esters is 1. The molecule has 0 spiro atoms. The van der Waals surface area contributed by atoms with Crippen molar-refractivity contribution in [3.05, 3.63) is 136 Å². The summed E-state index contributed by atoms with van der Waals surface area (Å²) in [5.74, 6) is -0.567. The molecule has 218 valence electrons. The molecule has 0 saturated carbocycles. The van der Waals surface area contributed by atoms with Crippen LogP contribution in [0, 0.1) is 10.1 Å². The number of fused-ring (bicyclic) bond motifs is 1. The van der Waals surface area contributed by atoms with E-state index < -0.39 is 10.5 Å². The highest BCUT2D eigenvalue weighted by molar-refractivity contribution is 5.99. The van der Waals surface area contributed by atoms with Crippen molar-refractivity contribution in [3.63, 3.8) is 0 Å². The van der Waals surface area contributed by atoms with E-state index in [0.717, 1.165) is 33.2 Å². The van der Waals surface area contributed by atoms with Gasteiger partial charge in [-0.25, -0.2) is 4.79 Å². The zero-order chi connectivity index (χ0) is 30.7. The van der Waals surface area contributed by atoms with Crippen LogP contribution in [0.5, 0.6) is 0 Å². The van der Waals surface area contributed by atoms with Crippen molar-refractivity contribution in [2.24, 2.45) is 0 Å². The van der Waals surface area contributed by atoms with E-state index in [9.17, 15) is 19.7 Å². The summed E-state index contributed by atoms with van der Waals surface area (Å²) in [6, 6.07) is 29.0. The number of nitro groups is 1. The maximum absolute atomic E-state index is 13.0. The number of nitrogens with one attached hydrogen (secondary N) is 1. The lowest BCUT2D eigenvalue weighted by Crippen LogP contribution is -2.26. The van der Waals surface area contributed by atoms with Crippen molar-refractivity contribution in [1.29, 1.82) is 0 Å². The molecule has 43 heavy (non-hydrogen) atoms. The van der Waals surface area contributed by atoms with E-state index in [4.69, 9.17) is 4.74 Å². The van der Waals surface area contributed by atoms with E-state index in [1.165, 1.54) is 12.1 Å². The van der Waals surface area contributed by atoms with Crippen LogP contribution in [0.4, 0.5) is 5.69 Å². The quantitative estimate of drug-likeness (QED) is 0.116. The normalized spacial score (nSPS) is 12.1. The van der Waals surface area contributed by atoms with Crippen molar-refractivity contribution in [1.82, 2.24) is 9.88 Å². The van der Waals surface area contributed by atoms with Crippen LogP contribution in [-0.2, 0) is 11.3 Å². The summed E-state index contributed by atoms with van der Waals surface area (Å²) >= 11 is 0. The van der Waals surface area contributed by atoms with E-state index in [0.29, 0.717) is 17.7 Å². The number of hydrogen-bond donors (Lipinski definition) is 1. The molecule has 0 aliphatic carbocycles. The largest absolute Gasteiger partial charge is 0.456 e. The topological polar surface area (TPSA) is 103 Å². The summed E-state index contributed by atoms with van der Waals surface area (Å²) < 4.78 is 7.73. The van der Waals surface area contributed by atoms with Crippen LogP contribution < -0.4 is 5.32 Å². The van der Waals surface area contributed by atoms with Crippen LogP contribution in [0.2, 0.25) is 0 Å². The monoisotopic (exact) mass is 575 g/mol. The summed E-state index contributed by atoms with van der Waals surface area (Å²) in [5, 5.41) is 14.8. The highest BCUT2D eigenvalue weighted by atomic mass is 16.6. The van der Waals surface area contributed by atoms with Gasteiger partial charge in [0.25, 0.3) is 11.6 Å². The van der Waals surface area contributed by atoms with Gasteiger partial charge in [0.05, 0.1) is 16.5 Å². The summed E-state index contributed by atoms with van der Waals surface area (Å²) in [6.07, 6.45) is 2.00. The number of ether oxygens (including phenoxy) is 1. The van der Waals surface area contributed by atoms with Crippen molar-refractivity contribution in [2.45, 2.75) is 45.9 Å². The summed E-state index contributed by atoms with van der Waals surface area (Å²) in [6.45, 7) is 8.05. The molecule has 0 unspecified atom stereocenters. The van der Waals surface area contributed by atoms with Crippen LogP contribution >= 0.6 is 0 Å². The second-order valence-electron chi connectivity index (χ2n) is 11.5. The van der Waals surface area contributed by atoms with Crippen molar-refractivity contribution in [2.75, 3.05) is 0 Å². The Hall–Kier alpha value is -5.24. The van der Waals surface area contributed by atoms with Crippen molar-refractivity contribution in [3.8, 4) is 11.1 Å². The first-order valence-electron chi connectivity index (χ1n) is 14.0. The predicted octanol–water partition coefficient (Wildman–Crippen LogP) is 7.71. The smallest absolute Gasteiger partial charge is 0.339 e. The molecule has 0 aliphatic heterocycles. The first-order valence-corrected chi connectivity index (χ1v) is 14.0. The van der Waals surface area contributed by atoms with Gasteiger partial charge in [-0.1, -0.05) is 54.6 Å². The molecule has 0 bridgehead atoms. The number of non-ortho nitro benzene ring substituents is 1. The zero-order valence-electron chi connectivity index (χ0n) is 24.5. The number of rotatable bonds is 8. The van der Waals surface area contributed by atoms with E-state index in [-0.39, 0.29) is 23.6 Å². The molecule has 1 atom stereocenters. The maximum atomic E-state index is 13.0. The van der Waals surface area contributed by atoms with Gasteiger partial charge in [-0.2, -0.15) is 0 Å². The van der Waals surface area contributed by atoms with Gasteiger partial charge in [0.1, 0.15) is 5.60 Å². The first kappa shape index (κ1) is 29.3. The Morgan fingerprint density at radius 2 is 1.63 bits per heavy atom. The summed E-state index contributed by atoms with van der Waals surface area (Å²) in [5.41, 5.74) is 5.13. The Kier molecular flexibility index (Phi) is 8.12. The van der Waals surface area contributed by atoms with Crippen LogP contribution in [0.1, 0.15) is 65.6 Å². The highest BCUT2D eigenvalue weighted by Crippen LogP contribution is 2.27. The summed E-state index contributed by atoms with van der Waals surface area (Å²) in [7, 11) is 0. The summed E-state index contributed by atoms with van der Waals surface area (Å²) in [4.78, 5) is 36.2. The molecule has 0 radical (unpaired) electrons. The first-order chi connectivity index (χ1) is 20.5. The van der Waals surface area contributed by atoms with Crippen molar-refractivity contribution < 1.29 is 19.2 Å². The molecule has 1 N–H and O–H groups in total. The lowest BCUT2D eigenvalue weighted by atomic mass is 9.98. The number of carbonyl (C=O) groups is 2. The number of hydrogen-bond acceptors (Lipinski definition) is 5. The molecule has 1 aromatic heterocycles. The minimum Gasteiger partial charge on any atom is -0.456 e. The molecule has 0 fully saturated rings. The Morgan fingerprint density at radius 3 is 2.30 bits per heavy atom. The Bertz CT molecular complexity index is 1800. The molecule has 0 aliphatic rings. The van der Waals surface area contributed by atoms with E-state index >= 15 is 0 Å². The third-order valence-electron chi connectivity index (χ3n) is 7.15. The van der Waals surface area contributed by atoms with Gasteiger partial charge in [-0.3, -0.25) is 14.9 Å². The Labute approximate surface area is 250 Å². The standard InChI is InChI=1S/C35H33N3O5/c1-23(25-13-16-29(17-14-25)38(41)42)36-33(39)28-15-18-32-27(21-28)19-20-37(32)22-24-9-11-26(12-10-24)30-7-5-6-8-31(30)34(40)43-35(2,3)4/h5-21,23H,22H2,1-4H3,(H,36,39)/t23-/m1/s1. The minimum atomic E-state index is -0.577. The average molecular weight is 576 g/mol. The molecule has 5 rings (SSSR count). The second kappa shape index (κ2) is 11.9. The van der Waals surface area contributed by atoms with Gasteiger partial charge in [0, 0.05) is 41.3 Å². The van der Waals surface area contributed by atoms with Crippen LogP contribution in [0.3, 0.4) is 0 Å². The predicted molar refractivity (Wildman–Crippen MR) is 167 cm³/mol. The van der Waals surface area contributed by atoms with Gasteiger partial charge in [0.2, 0.25) is 0 Å². The SMILES string of the molecule is C[C@@H](NC(=O)c1ccc2c(ccn2Cc2ccc(-c3ccccc3C(=O)OC(C)(C)C)cc2)c1)c1ccc([N+](=O)[O-])cc1. The second-order valence-corrected chi connectivity index (χ2v) is 11.5. The number of benzene rings is 4. The number of nitro benzene ring substituents is 1. The number of carbonyl (C=O) groups excluding carboxylic acids is 2. The Balaban J connectivity index is 1.28. The van der Waals surface area contributed by atoms with E-state index in [1.807, 2.05) is 82.4 Å². The molecule has 1 amide bonds. The maximum Gasteiger partial charge on any atom is 0.339 e. The minimum absolute atomic E-state index is 0.0108. The van der Waals surface area contributed by atoms with Gasteiger partial charge < -0.3 is 14.6 Å². The van der Waals surface area contributed by atoms with E-state index in [2.05, 4.69) is 22.0 Å². The number of amides is 1. The molecule has 1 heterocycles.